The van der Waals surface area contributed by atoms with E-state index < -0.39 is 0 Å². The minimum atomic E-state index is -0.384. The van der Waals surface area contributed by atoms with Crippen molar-refractivity contribution in [1.82, 2.24) is 5.32 Å². The molecule has 1 atom stereocenters. The zero-order valence-electron chi connectivity index (χ0n) is 13.6. The lowest BCUT2D eigenvalue weighted by atomic mass is 10.0. The molecule has 1 aromatic carbocycles. The second kappa shape index (κ2) is 7.61. The van der Waals surface area contributed by atoms with Crippen LogP contribution in [0.25, 0.3) is 0 Å². The first-order valence-corrected chi connectivity index (χ1v) is 8.52. The molecule has 1 amide bonds. The first-order valence-electron chi connectivity index (χ1n) is 8.52. The molecule has 0 aromatic heterocycles. The van der Waals surface area contributed by atoms with Gasteiger partial charge < -0.3 is 15.0 Å². The molecule has 24 heavy (non-hydrogen) atoms. The van der Waals surface area contributed by atoms with E-state index in [9.17, 15) is 14.9 Å². The van der Waals surface area contributed by atoms with Crippen LogP contribution in [0.2, 0.25) is 0 Å². The highest BCUT2D eigenvalue weighted by molar-refractivity contribution is 5.87. The Balaban J connectivity index is 1.66. The number of ether oxygens (including phenoxy) is 1. The minimum absolute atomic E-state index is 0.0304. The Labute approximate surface area is 141 Å². The van der Waals surface area contributed by atoms with Crippen LogP contribution < -0.4 is 10.2 Å². The molecule has 0 unspecified atom stereocenters. The summed E-state index contributed by atoms with van der Waals surface area (Å²) in [7, 11) is 0. The van der Waals surface area contributed by atoms with Crippen molar-refractivity contribution in [3.63, 3.8) is 0 Å². The Morgan fingerprint density at radius 1 is 1.29 bits per heavy atom. The Bertz CT molecular complexity index is 601. The molecule has 3 rings (SSSR count). The van der Waals surface area contributed by atoms with Crippen LogP contribution in [-0.2, 0) is 9.53 Å². The molecule has 2 aliphatic rings. The van der Waals surface area contributed by atoms with Crippen molar-refractivity contribution >= 4 is 17.3 Å². The number of para-hydroxylation sites is 2. The van der Waals surface area contributed by atoms with Gasteiger partial charge in [-0.3, -0.25) is 14.9 Å². The molecule has 0 radical (unpaired) electrons. The van der Waals surface area contributed by atoms with Gasteiger partial charge in [-0.15, -0.1) is 0 Å². The number of nitro benzene ring substituents is 1. The third-order valence-corrected chi connectivity index (χ3v) is 4.85. The largest absolute Gasteiger partial charge is 0.381 e. The molecule has 2 heterocycles. The third-order valence-electron chi connectivity index (χ3n) is 4.85. The number of nitro groups is 1. The molecule has 7 nitrogen and oxygen atoms in total. The number of carbonyl (C=O) groups is 1. The maximum absolute atomic E-state index is 12.6. The standard InChI is InChI=1S/C17H23N3O4/c21-17(18-12-13-7-10-24-11-8-13)16-6-3-9-19(16)14-4-1-2-5-15(14)20(22)23/h1-2,4-5,13,16H,3,6-12H2,(H,18,21)/t16-/m1/s1. The minimum Gasteiger partial charge on any atom is -0.381 e. The molecule has 0 saturated carbocycles. The Morgan fingerprint density at radius 2 is 2.04 bits per heavy atom. The van der Waals surface area contributed by atoms with Gasteiger partial charge in [0.25, 0.3) is 5.69 Å². The number of rotatable bonds is 5. The van der Waals surface area contributed by atoms with E-state index in [0.29, 0.717) is 24.7 Å². The van der Waals surface area contributed by atoms with Crippen LogP contribution in [0.1, 0.15) is 25.7 Å². The fraction of sp³-hybridized carbons (Fsp3) is 0.588. The number of carbonyl (C=O) groups excluding carboxylic acids is 1. The van der Waals surface area contributed by atoms with Crippen molar-refractivity contribution in [2.75, 3.05) is 31.2 Å². The van der Waals surface area contributed by atoms with E-state index >= 15 is 0 Å². The fourth-order valence-electron chi connectivity index (χ4n) is 3.50. The van der Waals surface area contributed by atoms with Crippen LogP contribution in [0.3, 0.4) is 0 Å². The van der Waals surface area contributed by atoms with Crippen molar-refractivity contribution in [3.05, 3.63) is 34.4 Å². The highest BCUT2D eigenvalue weighted by atomic mass is 16.6. The van der Waals surface area contributed by atoms with Crippen molar-refractivity contribution in [3.8, 4) is 0 Å². The second-order valence-corrected chi connectivity index (χ2v) is 6.40. The number of benzene rings is 1. The zero-order valence-corrected chi connectivity index (χ0v) is 13.6. The SMILES string of the molecule is O=C(NCC1CCOCC1)[C@H]1CCCN1c1ccccc1[N+](=O)[O-]. The summed E-state index contributed by atoms with van der Waals surface area (Å²) in [4.78, 5) is 25.3. The van der Waals surface area contributed by atoms with E-state index in [1.807, 2.05) is 4.90 Å². The van der Waals surface area contributed by atoms with Gasteiger partial charge in [0, 0.05) is 32.4 Å². The van der Waals surface area contributed by atoms with Crippen LogP contribution in [0.5, 0.6) is 0 Å². The van der Waals surface area contributed by atoms with Gasteiger partial charge in [0.05, 0.1) is 4.92 Å². The van der Waals surface area contributed by atoms with Crippen LogP contribution in [0, 0.1) is 16.0 Å². The smallest absolute Gasteiger partial charge is 0.292 e. The molecular formula is C17H23N3O4. The summed E-state index contributed by atoms with van der Waals surface area (Å²) < 4.78 is 5.33. The number of anilines is 1. The molecule has 130 valence electrons. The lowest BCUT2D eigenvalue weighted by molar-refractivity contribution is -0.384. The maximum atomic E-state index is 12.6. The predicted molar refractivity (Wildman–Crippen MR) is 90.0 cm³/mol. The average Bonchev–Trinajstić information content (AvgIpc) is 3.10. The van der Waals surface area contributed by atoms with Gasteiger partial charge in [-0.05, 0) is 37.7 Å². The van der Waals surface area contributed by atoms with Gasteiger partial charge in [0.2, 0.25) is 5.91 Å². The van der Waals surface area contributed by atoms with Gasteiger partial charge in [0.15, 0.2) is 0 Å². The number of hydrogen-bond acceptors (Lipinski definition) is 5. The molecular weight excluding hydrogens is 310 g/mol. The third kappa shape index (κ3) is 3.67. The normalized spacial score (nSPS) is 21.7. The first-order chi connectivity index (χ1) is 11.7. The van der Waals surface area contributed by atoms with Crippen molar-refractivity contribution < 1.29 is 14.5 Å². The summed E-state index contributed by atoms with van der Waals surface area (Å²) >= 11 is 0. The first kappa shape index (κ1) is 16.7. The predicted octanol–water partition coefficient (Wildman–Crippen LogP) is 2.11. The Morgan fingerprint density at radius 3 is 2.79 bits per heavy atom. The van der Waals surface area contributed by atoms with E-state index in [4.69, 9.17) is 4.74 Å². The van der Waals surface area contributed by atoms with Crippen molar-refractivity contribution in [2.24, 2.45) is 5.92 Å². The molecule has 0 bridgehead atoms. The van der Waals surface area contributed by atoms with Crippen LogP contribution >= 0.6 is 0 Å². The van der Waals surface area contributed by atoms with Gasteiger partial charge >= 0.3 is 0 Å². The summed E-state index contributed by atoms with van der Waals surface area (Å²) in [5.74, 6) is 0.431. The summed E-state index contributed by atoms with van der Waals surface area (Å²) in [6, 6.07) is 6.31. The maximum Gasteiger partial charge on any atom is 0.292 e. The quantitative estimate of drug-likeness (QED) is 0.659. The van der Waals surface area contributed by atoms with Gasteiger partial charge in [0.1, 0.15) is 11.7 Å². The number of nitrogens with zero attached hydrogens (tertiary/aromatic N) is 2. The molecule has 7 heteroatoms. The molecule has 1 aromatic rings. The number of nitrogens with one attached hydrogen (secondary N) is 1. The Hall–Kier alpha value is -2.15. The van der Waals surface area contributed by atoms with Crippen LogP contribution in [0.15, 0.2) is 24.3 Å². The summed E-state index contributed by atoms with van der Waals surface area (Å²) in [6.07, 6.45) is 3.53. The van der Waals surface area contributed by atoms with Gasteiger partial charge in [-0.25, -0.2) is 0 Å². The average molecular weight is 333 g/mol. The van der Waals surface area contributed by atoms with Crippen LogP contribution in [-0.4, -0.2) is 43.2 Å². The van der Waals surface area contributed by atoms with Crippen molar-refractivity contribution in [1.29, 1.82) is 0 Å². The lowest BCUT2D eigenvalue weighted by Gasteiger charge is -2.27. The lowest BCUT2D eigenvalue weighted by Crippen LogP contribution is -2.45. The molecule has 2 aliphatic heterocycles. The highest BCUT2D eigenvalue weighted by Crippen LogP contribution is 2.33. The summed E-state index contributed by atoms with van der Waals surface area (Å²) in [5.41, 5.74) is 0.591. The van der Waals surface area contributed by atoms with E-state index in [0.717, 1.165) is 38.9 Å². The van der Waals surface area contributed by atoms with Crippen LogP contribution in [0.4, 0.5) is 11.4 Å². The monoisotopic (exact) mass is 333 g/mol. The molecule has 2 saturated heterocycles. The highest BCUT2D eigenvalue weighted by Gasteiger charge is 2.34. The van der Waals surface area contributed by atoms with Gasteiger partial charge in [-0.1, -0.05) is 12.1 Å². The van der Waals surface area contributed by atoms with E-state index in [1.165, 1.54) is 6.07 Å². The number of hydrogen-bond donors (Lipinski definition) is 1. The molecule has 0 aliphatic carbocycles. The molecule has 2 fully saturated rings. The molecule has 0 spiro atoms. The second-order valence-electron chi connectivity index (χ2n) is 6.40. The van der Waals surface area contributed by atoms with Crippen molar-refractivity contribution in [2.45, 2.75) is 31.7 Å². The Kier molecular flexibility index (Phi) is 5.30. The zero-order chi connectivity index (χ0) is 16.9. The van der Waals surface area contributed by atoms with Gasteiger partial charge in [-0.2, -0.15) is 0 Å². The topological polar surface area (TPSA) is 84.7 Å². The summed E-state index contributed by atoms with van der Waals surface area (Å²) in [6.45, 7) is 2.84. The molecule has 1 N–H and O–H groups in total. The van der Waals surface area contributed by atoms with E-state index in [-0.39, 0.29) is 22.6 Å². The fourth-order valence-corrected chi connectivity index (χ4v) is 3.50. The summed E-state index contributed by atoms with van der Waals surface area (Å²) in [5, 5.41) is 14.3. The van der Waals surface area contributed by atoms with E-state index in [2.05, 4.69) is 5.32 Å². The van der Waals surface area contributed by atoms with E-state index in [1.54, 1.807) is 18.2 Å². The number of amides is 1.